The molecule has 0 saturated heterocycles. The number of rotatable bonds is 3. The molecule has 0 radical (unpaired) electrons. The Morgan fingerprint density at radius 2 is 1.76 bits per heavy atom. The maximum Gasteiger partial charge on any atom is 0.0543 e. The minimum Gasteiger partial charge on any atom is -0.399 e. The molecule has 0 bridgehead atoms. The lowest BCUT2D eigenvalue weighted by Gasteiger charge is -2.06. The molecule has 0 spiro atoms. The molecule has 0 aromatic heterocycles. The molecule has 0 aliphatic heterocycles. The van der Waals surface area contributed by atoms with E-state index in [1.54, 1.807) is 17.8 Å². The normalized spacial score (nSPS) is 10.4. The van der Waals surface area contributed by atoms with E-state index in [1.807, 2.05) is 36.4 Å². The lowest BCUT2D eigenvalue weighted by atomic mass is 10.2. The molecule has 0 aliphatic carbocycles. The van der Waals surface area contributed by atoms with E-state index >= 15 is 0 Å². The summed E-state index contributed by atoms with van der Waals surface area (Å²) in [5.41, 5.74) is 14.1. The lowest BCUT2D eigenvalue weighted by Crippen LogP contribution is -1.88. The van der Waals surface area contributed by atoms with E-state index in [-0.39, 0.29) is 0 Å². The Labute approximate surface area is 110 Å². The first-order valence-electron chi connectivity index (χ1n) is 5.17. The lowest BCUT2D eigenvalue weighted by molar-refractivity contribution is 1.38. The Kier molecular flexibility index (Phi) is 3.82. The summed E-state index contributed by atoms with van der Waals surface area (Å²) < 4.78 is 0. The molecule has 4 N–H and O–H groups in total. The van der Waals surface area contributed by atoms with Crippen molar-refractivity contribution in [3.8, 4) is 0 Å². The van der Waals surface area contributed by atoms with Gasteiger partial charge in [-0.05, 0) is 35.9 Å². The summed E-state index contributed by atoms with van der Waals surface area (Å²) >= 11 is 7.75. The van der Waals surface area contributed by atoms with E-state index in [2.05, 4.69) is 0 Å². The van der Waals surface area contributed by atoms with Gasteiger partial charge in [-0.3, -0.25) is 0 Å². The Morgan fingerprint density at radius 1 is 1.00 bits per heavy atom. The second-order valence-corrected chi connectivity index (χ2v) is 5.15. The van der Waals surface area contributed by atoms with Crippen molar-refractivity contribution in [3.63, 3.8) is 0 Å². The predicted molar refractivity (Wildman–Crippen MR) is 76.3 cm³/mol. The Balaban J connectivity index is 2.09. The Bertz CT molecular complexity index is 529. The molecule has 0 saturated carbocycles. The molecule has 0 atom stereocenters. The standard InChI is InChI=1S/C13H13ClN2S/c14-12-5-4-11(16)7-13(12)17-8-9-2-1-3-10(15)6-9/h1-7H,8,15-16H2. The molecule has 17 heavy (non-hydrogen) atoms. The molecule has 0 amide bonds. The highest BCUT2D eigenvalue weighted by molar-refractivity contribution is 7.98. The Hall–Kier alpha value is -1.32. The molecule has 0 aliphatic rings. The van der Waals surface area contributed by atoms with E-state index in [9.17, 15) is 0 Å². The van der Waals surface area contributed by atoms with Crippen molar-refractivity contribution in [1.29, 1.82) is 0 Å². The van der Waals surface area contributed by atoms with Crippen molar-refractivity contribution in [2.75, 3.05) is 11.5 Å². The van der Waals surface area contributed by atoms with Gasteiger partial charge in [-0.25, -0.2) is 0 Å². The van der Waals surface area contributed by atoms with Gasteiger partial charge in [0.1, 0.15) is 0 Å². The number of hydrogen-bond acceptors (Lipinski definition) is 3. The summed E-state index contributed by atoms with van der Waals surface area (Å²) in [6.45, 7) is 0. The van der Waals surface area contributed by atoms with Crippen LogP contribution in [-0.4, -0.2) is 0 Å². The molecular weight excluding hydrogens is 252 g/mol. The number of nitrogens with two attached hydrogens (primary N) is 2. The number of halogens is 1. The van der Waals surface area contributed by atoms with Crippen LogP contribution >= 0.6 is 23.4 Å². The quantitative estimate of drug-likeness (QED) is 0.655. The molecule has 2 aromatic rings. The van der Waals surface area contributed by atoms with Crippen molar-refractivity contribution in [2.45, 2.75) is 10.6 Å². The monoisotopic (exact) mass is 264 g/mol. The number of anilines is 2. The number of benzene rings is 2. The van der Waals surface area contributed by atoms with Crippen LogP contribution in [-0.2, 0) is 5.75 Å². The molecular formula is C13H13ClN2S. The molecule has 2 nitrogen and oxygen atoms in total. The van der Waals surface area contributed by atoms with E-state index in [0.717, 1.165) is 27.0 Å². The van der Waals surface area contributed by atoms with Gasteiger partial charge in [0.05, 0.1) is 5.02 Å². The second kappa shape index (κ2) is 5.34. The van der Waals surface area contributed by atoms with E-state index in [1.165, 1.54) is 5.56 Å². The van der Waals surface area contributed by atoms with Crippen LogP contribution in [0.4, 0.5) is 11.4 Å². The van der Waals surface area contributed by atoms with Gasteiger partial charge in [0.25, 0.3) is 0 Å². The fraction of sp³-hybridized carbons (Fsp3) is 0.0769. The third kappa shape index (κ3) is 3.32. The zero-order valence-corrected chi connectivity index (χ0v) is 10.8. The van der Waals surface area contributed by atoms with Gasteiger partial charge in [0, 0.05) is 22.0 Å². The minimum absolute atomic E-state index is 0.726. The number of hydrogen-bond donors (Lipinski definition) is 2. The fourth-order valence-electron chi connectivity index (χ4n) is 1.47. The van der Waals surface area contributed by atoms with E-state index < -0.39 is 0 Å². The van der Waals surface area contributed by atoms with Gasteiger partial charge in [0.15, 0.2) is 0 Å². The summed E-state index contributed by atoms with van der Waals surface area (Å²) in [5.74, 6) is 0.828. The second-order valence-electron chi connectivity index (χ2n) is 3.72. The highest BCUT2D eigenvalue weighted by Crippen LogP contribution is 2.31. The van der Waals surface area contributed by atoms with Crippen molar-refractivity contribution in [3.05, 3.63) is 53.1 Å². The number of thioether (sulfide) groups is 1. The maximum atomic E-state index is 6.09. The third-order valence-electron chi connectivity index (χ3n) is 2.30. The van der Waals surface area contributed by atoms with Crippen molar-refractivity contribution in [2.24, 2.45) is 0 Å². The fourth-order valence-corrected chi connectivity index (χ4v) is 2.68. The zero-order chi connectivity index (χ0) is 12.3. The van der Waals surface area contributed by atoms with E-state index in [4.69, 9.17) is 23.1 Å². The maximum absolute atomic E-state index is 6.09. The Morgan fingerprint density at radius 3 is 2.53 bits per heavy atom. The summed E-state index contributed by atoms with van der Waals surface area (Å²) in [5, 5.41) is 0.730. The first kappa shape index (κ1) is 12.1. The average molecular weight is 265 g/mol. The first-order valence-corrected chi connectivity index (χ1v) is 6.54. The molecule has 0 unspecified atom stereocenters. The average Bonchev–Trinajstić information content (AvgIpc) is 2.30. The van der Waals surface area contributed by atoms with Crippen molar-refractivity contribution >= 4 is 34.7 Å². The van der Waals surface area contributed by atoms with Crippen molar-refractivity contribution in [1.82, 2.24) is 0 Å². The van der Waals surface area contributed by atoms with Crippen LogP contribution in [0.3, 0.4) is 0 Å². The molecule has 2 aromatic carbocycles. The summed E-state index contributed by atoms with van der Waals surface area (Å²) in [6.07, 6.45) is 0. The predicted octanol–water partition coefficient (Wildman–Crippen LogP) is 3.80. The molecule has 2 rings (SSSR count). The summed E-state index contributed by atoms with van der Waals surface area (Å²) in [4.78, 5) is 0.995. The SMILES string of the molecule is Nc1cccc(CSc2cc(N)ccc2Cl)c1. The summed E-state index contributed by atoms with van der Waals surface area (Å²) in [7, 11) is 0. The molecule has 4 heteroatoms. The van der Waals surface area contributed by atoms with Crippen LogP contribution in [0, 0.1) is 0 Å². The topological polar surface area (TPSA) is 52.0 Å². The van der Waals surface area contributed by atoms with E-state index in [0.29, 0.717) is 0 Å². The van der Waals surface area contributed by atoms with Crippen molar-refractivity contribution < 1.29 is 0 Å². The van der Waals surface area contributed by atoms with Crippen LogP contribution in [0.25, 0.3) is 0 Å². The highest BCUT2D eigenvalue weighted by atomic mass is 35.5. The third-order valence-corrected chi connectivity index (χ3v) is 3.87. The minimum atomic E-state index is 0.726. The van der Waals surface area contributed by atoms with Crippen LogP contribution in [0.1, 0.15) is 5.56 Å². The van der Waals surface area contributed by atoms with Crippen LogP contribution in [0.5, 0.6) is 0 Å². The molecule has 88 valence electrons. The van der Waals surface area contributed by atoms with Gasteiger partial charge in [-0.15, -0.1) is 11.8 Å². The van der Waals surface area contributed by atoms with Crippen LogP contribution in [0.2, 0.25) is 5.02 Å². The first-order chi connectivity index (χ1) is 8.15. The van der Waals surface area contributed by atoms with Gasteiger partial charge >= 0.3 is 0 Å². The molecule has 0 fully saturated rings. The van der Waals surface area contributed by atoms with Crippen LogP contribution < -0.4 is 11.5 Å². The van der Waals surface area contributed by atoms with Crippen LogP contribution in [0.15, 0.2) is 47.4 Å². The van der Waals surface area contributed by atoms with Gasteiger partial charge < -0.3 is 11.5 Å². The molecule has 0 heterocycles. The highest BCUT2D eigenvalue weighted by Gasteiger charge is 2.02. The van der Waals surface area contributed by atoms with Gasteiger partial charge in [-0.1, -0.05) is 23.7 Å². The number of nitrogen functional groups attached to an aromatic ring is 2. The largest absolute Gasteiger partial charge is 0.399 e. The smallest absolute Gasteiger partial charge is 0.0543 e. The van der Waals surface area contributed by atoms with Gasteiger partial charge in [-0.2, -0.15) is 0 Å². The zero-order valence-electron chi connectivity index (χ0n) is 9.19. The van der Waals surface area contributed by atoms with Gasteiger partial charge in [0.2, 0.25) is 0 Å². The summed E-state index contributed by atoms with van der Waals surface area (Å²) in [6, 6.07) is 13.3.